The molecule has 0 aliphatic rings. The molecule has 0 unspecified atom stereocenters. The van der Waals surface area contributed by atoms with Crippen LogP contribution in [0.1, 0.15) is 5.56 Å². The quantitative estimate of drug-likeness (QED) is 0.627. The van der Waals surface area contributed by atoms with Crippen molar-refractivity contribution < 1.29 is 65.4 Å². The first kappa shape index (κ1) is 13.0. The molecule has 0 saturated carbocycles. The van der Waals surface area contributed by atoms with Crippen LogP contribution in [0.4, 0.5) is 0 Å². The summed E-state index contributed by atoms with van der Waals surface area (Å²) in [5, 5.41) is 0. The van der Waals surface area contributed by atoms with Gasteiger partial charge in [-0.2, -0.15) is 0 Å². The van der Waals surface area contributed by atoms with E-state index < -0.39 is 0 Å². The first-order valence-corrected chi connectivity index (χ1v) is 2.24. The van der Waals surface area contributed by atoms with E-state index in [-0.39, 0.29) is 65.4 Å². The zero-order valence-corrected chi connectivity index (χ0v) is 11.1. The molecule has 0 aromatic heterocycles. The number of hydrogen-bond acceptors (Lipinski definition) is 0. The molecular formula is C7H6Y2-2. The summed E-state index contributed by atoms with van der Waals surface area (Å²) >= 11 is 0. The molecule has 9 heavy (non-hydrogen) atoms. The molecule has 2 radical (unpaired) electrons. The summed E-state index contributed by atoms with van der Waals surface area (Å²) in [7, 11) is 0. The van der Waals surface area contributed by atoms with Crippen molar-refractivity contribution in [1.82, 2.24) is 0 Å². The minimum Gasteiger partial charge on any atom is -0.319 e. The molecule has 0 N–H and O–H groups in total. The van der Waals surface area contributed by atoms with Crippen molar-refractivity contribution in [2.45, 2.75) is 6.92 Å². The van der Waals surface area contributed by atoms with Crippen LogP contribution in [0, 0.1) is 19.1 Å². The Morgan fingerprint density at radius 1 is 1.22 bits per heavy atom. The Morgan fingerprint density at radius 3 is 2.11 bits per heavy atom. The molecule has 1 aromatic rings. The maximum Gasteiger partial charge on any atom is 0 e. The van der Waals surface area contributed by atoms with Gasteiger partial charge >= 0.3 is 0 Å². The third-order valence-corrected chi connectivity index (χ3v) is 0.790. The van der Waals surface area contributed by atoms with Gasteiger partial charge in [-0.15, -0.1) is 6.92 Å². The third-order valence-electron chi connectivity index (χ3n) is 0.790. The van der Waals surface area contributed by atoms with Crippen molar-refractivity contribution >= 4 is 0 Å². The van der Waals surface area contributed by atoms with Crippen molar-refractivity contribution in [3.05, 3.63) is 35.9 Å². The average Bonchev–Trinajstić information content (AvgIpc) is 1.69. The summed E-state index contributed by atoms with van der Waals surface area (Å²) in [6.07, 6.45) is 0. The Kier molecular flexibility index (Phi) is 10.9. The van der Waals surface area contributed by atoms with Crippen LogP contribution in [0.5, 0.6) is 0 Å². The molecule has 0 atom stereocenters. The minimum absolute atomic E-state index is 0. The van der Waals surface area contributed by atoms with Crippen LogP contribution in [0.25, 0.3) is 0 Å². The van der Waals surface area contributed by atoms with Gasteiger partial charge in [0.1, 0.15) is 0 Å². The Balaban J connectivity index is 0. The zero-order valence-electron chi connectivity index (χ0n) is 5.39. The Bertz CT molecular complexity index is 137. The fourth-order valence-electron chi connectivity index (χ4n) is 0.436. The molecule has 0 aliphatic heterocycles. The van der Waals surface area contributed by atoms with E-state index in [0.29, 0.717) is 0 Å². The Labute approximate surface area is 107 Å². The normalized spacial score (nSPS) is 6.78. The van der Waals surface area contributed by atoms with E-state index in [0.717, 1.165) is 5.56 Å². The fourth-order valence-corrected chi connectivity index (χ4v) is 0.436. The van der Waals surface area contributed by atoms with E-state index in [1.807, 2.05) is 25.1 Å². The van der Waals surface area contributed by atoms with Gasteiger partial charge in [0.25, 0.3) is 0 Å². The number of hydrogen-bond donors (Lipinski definition) is 0. The van der Waals surface area contributed by atoms with Gasteiger partial charge in [0.15, 0.2) is 0 Å². The van der Waals surface area contributed by atoms with Gasteiger partial charge in [-0.05, 0) is 0 Å². The first-order chi connectivity index (χ1) is 3.39. The van der Waals surface area contributed by atoms with Crippen LogP contribution in [-0.4, -0.2) is 0 Å². The molecule has 2 heteroatoms. The van der Waals surface area contributed by atoms with Crippen molar-refractivity contribution in [2.24, 2.45) is 0 Å². The molecule has 0 spiro atoms. The van der Waals surface area contributed by atoms with Crippen molar-refractivity contribution in [3.63, 3.8) is 0 Å². The topological polar surface area (TPSA) is 0 Å². The summed E-state index contributed by atoms with van der Waals surface area (Å²) in [5.74, 6) is 0. The number of rotatable bonds is 0. The van der Waals surface area contributed by atoms with Gasteiger partial charge in [-0.25, -0.2) is 0 Å². The Hall–Kier alpha value is 1.43. The predicted molar refractivity (Wildman–Crippen MR) is 28.9 cm³/mol. The van der Waals surface area contributed by atoms with Gasteiger partial charge in [0.2, 0.25) is 0 Å². The molecular weight excluding hydrogens is 262 g/mol. The van der Waals surface area contributed by atoms with E-state index in [9.17, 15) is 0 Å². The van der Waals surface area contributed by atoms with Gasteiger partial charge < -0.3 is 12.1 Å². The standard InChI is InChI=1S/C7H6.2Y/c1-7-5-3-2-4-6-7;;/h2-3,6H,1H3;;/q-2;;. The largest absolute Gasteiger partial charge is 0.319 e. The van der Waals surface area contributed by atoms with Crippen LogP contribution in [-0.2, 0) is 65.4 Å². The molecule has 0 heterocycles. The number of aryl methyl sites for hydroxylation is 1. The second kappa shape index (κ2) is 7.53. The number of benzene rings is 1. The van der Waals surface area contributed by atoms with Crippen molar-refractivity contribution in [2.75, 3.05) is 0 Å². The maximum absolute atomic E-state index is 3.00. The van der Waals surface area contributed by atoms with E-state index in [1.54, 1.807) is 0 Å². The fraction of sp³-hybridized carbons (Fsp3) is 0.143. The van der Waals surface area contributed by atoms with Gasteiger partial charge in [0.05, 0.1) is 0 Å². The maximum atomic E-state index is 3.00. The molecule has 1 rings (SSSR count). The van der Waals surface area contributed by atoms with E-state index in [2.05, 4.69) is 12.1 Å². The van der Waals surface area contributed by atoms with Gasteiger partial charge in [0, 0.05) is 65.4 Å². The smallest absolute Gasteiger partial charge is 0 e. The summed E-state index contributed by atoms with van der Waals surface area (Å²) in [5.41, 5.74) is 1.14. The molecule has 0 saturated heterocycles. The van der Waals surface area contributed by atoms with Crippen LogP contribution in [0.2, 0.25) is 0 Å². The van der Waals surface area contributed by atoms with Gasteiger partial charge in [-0.1, -0.05) is 0 Å². The molecule has 0 amide bonds. The van der Waals surface area contributed by atoms with Crippen LogP contribution in [0.3, 0.4) is 0 Å². The summed E-state index contributed by atoms with van der Waals surface area (Å²) in [6.45, 7) is 2.00. The molecule has 0 fully saturated rings. The van der Waals surface area contributed by atoms with Crippen LogP contribution < -0.4 is 0 Å². The molecule has 0 aliphatic carbocycles. The summed E-state index contributed by atoms with van der Waals surface area (Å²) < 4.78 is 0. The van der Waals surface area contributed by atoms with Crippen LogP contribution >= 0.6 is 0 Å². The Morgan fingerprint density at radius 2 is 1.89 bits per heavy atom. The first-order valence-electron chi connectivity index (χ1n) is 2.24. The van der Waals surface area contributed by atoms with E-state index >= 15 is 0 Å². The second-order valence-corrected chi connectivity index (χ2v) is 1.47. The van der Waals surface area contributed by atoms with Gasteiger partial charge in [-0.3, -0.25) is 23.8 Å². The van der Waals surface area contributed by atoms with E-state index in [1.165, 1.54) is 0 Å². The van der Waals surface area contributed by atoms with Crippen LogP contribution in [0.15, 0.2) is 18.2 Å². The second-order valence-electron chi connectivity index (χ2n) is 1.47. The SMILES string of the molecule is Cc1[c-]cc[c-]c1.[Y].[Y]. The van der Waals surface area contributed by atoms with Crippen molar-refractivity contribution in [3.8, 4) is 0 Å². The molecule has 1 aromatic carbocycles. The summed E-state index contributed by atoms with van der Waals surface area (Å²) in [4.78, 5) is 0. The predicted octanol–water partition coefficient (Wildman–Crippen LogP) is 1.59. The van der Waals surface area contributed by atoms with Crippen molar-refractivity contribution in [1.29, 1.82) is 0 Å². The van der Waals surface area contributed by atoms with E-state index in [4.69, 9.17) is 0 Å². The third kappa shape index (κ3) is 5.85. The molecule has 0 nitrogen and oxygen atoms in total. The minimum atomic E-state index is 0. The molecule has 42 valence electrons. The molecule has 0 bridgehead atoms. The average molecular weight is 268 g/mol. The zero-order chi connectivity index (χ0) is 5.11. The monoisotopic (exact) mass is 268 g/mol. The summed E-state index contributed by atoms with van der Waals surface area (Å²) in [6, 6.07) is 11.5.